The van der Waals surface area contributed by atoms with Crippen molar-refractivity contribution in [1.82, 2.24) is 4.98 Å². The number of hydrogen-bond donors (Lipinski definition) is 1. The van der Waals surface area contributed by atoms with Gasteiger partial charge in [0.15, 0.2) is 0 Å². The third kappa shape index (κ3) is 6.23. The van der Waals surface area contributed by atoms with Gasteiger partial charge in [0.05, 0.1) is 9.79 Å². The highest BCUT2D eigenvalue weighted by atomic mass is 32.2. The van der Waals surface area contributed by atoms with E-state index in [-0.39, 0.29) is 10.8 Å². The van der Waals surface area contributed by atoms with Gasteiger partial charge in [0.1, 0.15) is 23.9 Å². The van der Waals surface area contributed by atoms with E-state index in [0.717, 1.165) is 32.0 Å². The van der Waals surface area contributed by atoms with Crippen molar-refractivity contribution < 1.29 is 23.5 Å². The van der Waals surface area contributed by atoms with Gasteiger partial charge in [0.25, 0.3) is 0 Å². The first-order valence-corrected chi connectivity index (χ1v) is 13.1. The highest BCUT2D eigenvalue weighted by Gasteiger charge is 2.32. The Morgan fingerprint density at radius 3 is 1.64 bits per heavy atom. The predicted octanol–water partition coefficient (Wildman–Crippen LogP) is 6.12. The highest BCUT2D eigenvalue weighted by molar-refractivity contribution is 7.99. The average molecular weight is 489 g/mol. The zero-order valence-electron chi connectivity index (χ0n) is 20.5. The molecule has 1 aromatic heterocycles. The van der Waals surface area contributed by atoms with E-state index in [1.807, 2.05) is 92.0 Å². The summed E-state index contributed by atoms with van der Waals surface area (Å²) in [5.41, 5.74) is 3.27. The summed E-state index contributed by atoms with van der Waals surface area (Å²) >= 11 is 1.50. The van der Waals surface area contributed by atoms with Gasteiger partial charge in [-0.2, -0.15) is 0 Å². The van der Waals surface area contributed by atoms with Crippen molar-refractivity contribution in [2.45, 2.75) is 76.0 Å². The van der Waals surface area contributed by atoms with E-state index < -0.39 is 7.82 Å². The molecular weight excluding hydrogens is 455 g/mol. The molecule has 1 aliphatic rings. The lowest BCUT2D eigenvalue weighted by atomic mass is 9.85. The Morgan fingerprint density at radius 1 is 0.879 bits per heavy atom. The van der Waals surface area contributed by atoms with Gasteiger partial charge in [-0.15, -0.1) is 0 Å². The lowest BCUT2D eigenvalue weighted by molar-refractivity contribution is -0.375. The fraction of sp³-hybridized carbons (Fsp3) is 0.400. The lowest BCUT2D eigenvalue weighted by Gasteiger charge is -2.34. The predicted molar refractivity (Wildman–Crippen MR) is 130 cm³/mol. The quantitative estimate of drug-likeness (QED) is 0.385. The van der Waals surface area contributed by atoms with Crippen LogP contribution in [-0.4, -0.2) is 4.98 Å². The molecule has 0 spiro atoms. The van der Waals surface area contributed by atoms with Crippen molar-refractivity contribution >= 4 is 19.6 Å². The van der Waals surface area contributed by atoms with Crippen molar-refractivity contribution in [1.29, 1.82) is 0 Å². The molecule has 0 atom stereocenters. The first kappa shape index (κ1) is 25.4. The molecule has 0 fully saturated rings. The topological polar surface area (TPSA) is 88.5 Å². The number of phosphoric acid groups is 1. The van der Waals surface area contributed by atoms with Gasteiger partial charge in [0.2, 0.25) is 6.33 Å². The number of phosphoric ester groups is 1. The minimum absolute atomic E-state index is 0.276. The largest absolute Gasteiger partial charge is 0.736 e. The molecule has 0 radical (unpaired) electrons. The zero-order chi connectivity index (χ0) is 24.6. The standard InChI is InChI=1S/C22H29O4PS.C3H4N2/c1-13-9-15(21(3,4)5)19-17(11-13)28-18-12-14(2)10-16(22(6,7)8)20(18)26-27(23,24)25-19;1-2-5-3-4-1/h9-12H,1-8H3,(H,23,24);1-3H,(H,4,5). The van der Waals surface area contributed by atoms with Crippen LogP contribution in [0.15, 0.2) is 52.8 Å². The normalized spacial score (nSPS) is 14.9. The Hall–Kier alpha value is -2.21. The molecule has 0 amide bonds. The number of rotatable bonds is 0. The molecule has 0 unspecified atom stereocenters. The molecular formula is C25H33N2O4PS. The molecule has 0 bridgehead atoms. The number of nitrogens with one attached hydrogen (secondary N) is 2. The Balaban J connectivity index is 0.000000541. The van der Waals surface area contributed by atoms with E-state index in [1.54, 1.807) is 6.33 Å². The molecule has 4 rings (SSSR count). The van der Waals surface area contributed by atoms with E-state index in [9.17, 15) is 9.46 Å². The number of imidazole rings is 1. The SMILES string of the molecule is Cc1cc2c(c(C(C)(C)C)c1)OP(=O)([O-])Oc1c(cc(C)cc1C(C)(C)C)S2.c1c[nH+]c[nH]1. The van der Waals surface area contributed by atoms with Crippen LogP contribution in [0.4, 0.5) is 0 Å². The Labute approximate surface area is 200 Å². The smallest absolute Gasteiger partial charge is 0.372 e. The molecule has 2 N–H and O–H groups in total. The third-order valence-corrected chi connectivity index (χ3v) is 6.94. The molecule has 0 saturated heterocycles. The molecule has 0 aliphatic carbocycles. The van der Waals surface area contributed by atoms with E-state index in [0.29, 0.717) is 11.5 Å². The summed E-state index contributed by atoms with van der Waals surface area (Å²) < 4.78 is 23.9. The molecule has 8 heteroatoms. The molecule has 2 heterocycles. The molecule has 1 aliphatic heterocycles. The summed E-state index contributed by atoms with van der Waals surface area (Å²) in [5.74, 6) is 0.733. The maximum Gasteiger partial charge on any atom is 0.372 e. The molecule has 178 valence electrons. The van der Waals surface area contributed by atoms with Crippen LogP contribution in [0.25, 0.3) is 0 Å². The zero-order valence-corrected chi connectivity index (χ0v) is 22.2. The molecule has 0 saturated carbocycles. The van der Waals surface area contributed by atoms with Gasteiger partial charge in [0, 0.05) is 11.1 Å². The van der Waals surface area contributed by atoms with Crippen molar-refractivity contribution in [2.75, 3.05) is 0 Å². The number of H-pyrrole nitrogens is 2. The minimum Gasteiger partial charge on any atom is -0.736 e. The Kier molecular flexibility index (Phi) is 7.09. The number of fused-ring (bicyclic) bond motifs is 2. The van der Waals surface area contributed by atoms with Crippen molar-refractivity contribution in [3.8, 4) is 11.5 Å². The number of aryl methyl sites for hydroxylation is 2. The van der Waals surface area contributed by atoms with Crippen LogP contribution in [0.1, 0.15) is 63.8 Å². The number of aromatic amines is 2. The van der Waals surface area contributed by atoms with Gasteiger partial charge in [-0.05, 0) is 47.9 Å². The van der Waals surface area contributed by atoms with Crippen LogP contribution in [-0.2, 0) is 15.4 Å². The van der Waals surface area contributed by atoms with Gasteiger partial charge in [-0.1, -0.05) is 65.4 Å². The second kappa shape index (κ2) is 9.21. The second-order valence-electron chi connectivity index (χ2n) is 10.3. The summed E-state index contributed by atoms with van der Waals surface area (Å²) in [7, 11) is -4.61. The van der Waals surface area contributed by atoms with Crippen LogP contribution < -0.4 is 18.9 Å². The maximum atomic E-state index is 12.9. The summed E-state index contributed by atoms with van der Waals surface area (Å²) in [4.78, 5) is 20.0. The van der Waals surface area contributed by atoms with Gasteiger partial charge in [-0.25, -0.2) is 4.57 Å². The maximum absolute atomic E-state index is 12.9. The third-order valence-electron chi connectivity index (χ3n) is 5.08. The summed E-state index contributed by atoms with van der Waals surface area (Å²) in [5, 5.41) is 0. The van der Waals surface area contributed by atoms with Crippen LogP contribution >= 0.6 is 19.6 Å². The van der Waals surface area contributed by atoms with E-state index in [1.165, 1.54) is 11.8 Å². The first-order chi connectivity index (χ1) is 15.2. The summed E-state index contributed by atoms with van der Waals surface area (Å²) in [6, 6.07) is 7.92. The summed E-state index contributed by atoms with van der Waals surface area (Å²) in [6.45, 7) is 16.3. The summed E-state index contributed by atoms with van der Waals surface area (Å²) in [6.07, 6.45) is 5.39. The Bertz CT molecular complexity index is 1090. The minimum atomic E-state index is -4.61. The van der Waals surface area contributed by atoms with Gasteiger partial charge < -0.3 is 13.9 Å². The van der Waals surface area contributed by atoms with Gasteiger partial charge in [-0.3, -0.25) is 9.97 Å². The fourth-order valence-corrected chi connectivity index (χ4v) is 5.75. The first-order valence-electron chi connectivity index (χ1n) is 10.8. The van der Waals surface area contributed by atoms with Gasteiger partial charge >= 0.3 is 7.82 Å². The van der Waals surface area contributed by atoms with E-state index in [4.69, 9.17) is 9.05 Å². The molecule has 3 aromatic rings. The van der Waals surface area contributed by atoms with Crippen molar-refractivity contribution in [3.63, 3.8) is 0 Å². The monoisotopic (exact) mass is 488 g/mol. The van der Waals surface area contributed by atoms with Crippen LogP contribution in [0, 0.1) is 13.8 Å². The van der Waals surface area contributed by atoms with Crippen molar-refractivity contribution in [3.05, 3.63) is 65.2 Å². The van der Waals surface area contributed by atoms with Crippen molar-refractivity contribution in [2.24, 2.45) is 0 Å². The number of aromatic nitrogens is 2. The van der Waals surface area contributed by atoms with Crippen LogP contribution in [0.3, 0.4) is 0 Å². The second-order valence-corrected chi connectivity index (χ2v) is 12.7. The molecule has 6 nitrogen and oxygen atoms in total. The van der Waals surface area contributed by atoms with Crippen LogP contribution in [0.5, 0.6) is 11.5 Å². The average Bonchev–Trinajstić information content (AvgIpc) is 3.22. The Morgan fingerprint density at radius 2 is 1.33 bits per heavy atom. The van der Waals surface area contributed by atoms with E-state index >= 15 is 0 Å². The molecule has 2 aromatic carbocycles. The lowest BCUT2D eigenvalue weighted by Crippen LogP contribution is -2.21. The highest BCUT2D eigenvalue weighted by Crippen LogP contribution is 2.56. The fourth-order valence-electron chi connectivity index (χ4n) is 3.54. The number of hydrogen-bond acceptors (Lipinski definition) is 5. The molecule has 33 heavy (non-hydrogen) atoms. The van der Waals surface area contributed by atoms with E-state index in [2.05, 4.69) is 9.97 Å². The van der Waals surface area contributed by atoms with Crippen LogP contribution in [0.2, 0.25) is 0 Å². The number of benzene rings is 2.